The van der Waals surface area contributed by atoms with Crippen LogP contribution in [0.1, 0.15) is 12.6 Å². The van der Waals surface area contributed by atoms with E-state index >= 15 is 0 Å². The molecule has 0 aliphatic rings. The van der Waals surface area contributed by atoms with Crippen molar-refractivity contribution in [3.63, 3.8) is 0 Å². The van der Waals surface area contributed by atoms with E-state index in [1.165, 1.54) is 0 Å². The SMILES string of the molecule is CCn1cc(-c2nc(C)c(Br)c(=O)[nH]2)cn1. The van der Waals surface area contributed by atoms with Gasteiger partial charge in [-0.3, -0.25) is 9.48 Å². The molecule has 2 heterocycles. The van der Waals surface area contributed by atoms with Crippen LogP contribution in [0.15, 0.2) is 21.7 Å². The second kappa shape index (κ2) is 4.21. The maximum absolute atomic E-state index is 11.5. The minimum atomic E-state index is -0.174. The molecular formula is C10H11BrN4O. The van der Waals surface area contributed by atoms with Crippen LogP contribution in [0.3, 0.4) is 0 Å². The predicted octanol–water partition coefficient (Wildman–Crippen LogP) is 1.72. The van der Waals surface area contributed by atoms with Crippen molar-refractivity contribution in [1.82, 2.24) is 19.7 Å². The van der Waals surface area contributed by atoms with Gasteiger partial charge in [0.1, 0.15) is 10.3 Å². The minimum Gasteiger partial charge on any atom is -0.305 e. The van der Waals surface area contributed by atoms with E-state index in [0.29, 0.717) is 16.0 Å². The molecule has 5 nitrogen and oxygen atoms in total. The summed E-state index contributed by atoms with van der Waals surface area (Å²) in [6, 6.07) is 0. The topological polar surface area (TPSA) is 63.6 Å². The molecule has 0 fully saturated rings. The summed E-state index contributed by atoms with van der Waals surface area (Å²) in [5.74, 6) is 0.547. The first-order chi connectivity index (χ1) is 7.61. The first-order valence-electron chi connectivity index (χ1n) is 4.91. The lowest BCUT2D eigenvalue weighted by Gasteiger charge is -2.00. The van der Waals surface area contributed by atoms with E-state index in [9.17, 15) is 4.79 Å². The number of rotatable bonds is 2. The fourth-order valence-corrected chi connectivity index (χ4v) is 1.55. The fourth-order valence-electron chi connectivity index (χ4n) is 1.37. The Balaban J connectivity index is 2.52. The molecule has 0 saturated heterocycles. The standard InChI is InChI=1S/C10H11BrN4O/c1-3-15-5-7(4-12-15)9-13-6(2)8(11)10(16)14-9/h4-5H,3H2,1-2H3,(H,13,14,16). The lowest BCUT2D eigenvalue weighted by Crippen LogP contribution is -2.11. The number of aromatic amines is 1. The van der Waals surface area contributed by atoms with E-state index in [2.05, 4.69) is 31.0 Å². The summed E-state index contributed by atoms with van der Waals surface area (Å²) >= 11 is 3.18. The average Bonchev–Trinajstić information content (AvgIpc) is 2.73. The van der Waals surface area contributed by atoms with Crippen LogP contribution in [0.4, 0.5) is 0 Å². The summed E-state index contributed by atoms with van der Waals surface area (Å²) in [5.41, 5.74) is 1.31. The Morgan fingerprint density at radius 3 is 2.88 bits per heavy atom. The Morgan fingerprint density at radius 2 is 2.31 bits per heavy atom. The molecular weight excluding hydrogens is 272 g/mol. The van der Waals surface area contributed by atoms with Crippen molar-refractivity contribution < 1.29 is 0 Å². The highest BCUT2D eigenvalue weighted by atomic mass is 79.9. The van der Waals surface area contributed by atoms with Crippen molar-refractivity contribution in [2.45, 2.75) is 20.4 Å². The van der Waals surface area contributed by atoms with E-state index in [4.69, 9.17) is 0 Å². The van der Waals surface area contributed by atoms with E-state index in [0.717, 1.165) is 12.1 Å². The highest BCUT2D eigenvalue weighted by Gasteiger charge is 2.08. The molecule has 1 N–H and O–H groups in total. The molecule has 0 radical (unpaired) electrons. The lowest BCUT2D eigenvalue weighted by atomic mass is 10.3. The molecule has 2 rings (SSSR count). The second-order valence-electron chi connectivity index (χ2n) is 3.40. The molecule has 16 heavy (non-hydrogen) atoms. The van der Waals surface area contributed by atoms with Gasteiger partial charge in [-0.05, 0) is 29.8 Å². The Bertz CT molecular complexity index is 572. The number of aryl methyl sites for hydroxylation is 2. The maximum atomic E-state index is 11.5. The molecule has 0 atom stereocenters. The zero-order chi connectivity index (χ0) is 11.7. The van der Waals surface area contributed by atoms with Gasteiger partial charge >= 0.3 is 0 Å². The van der Waals surface area contributed by atoms with E-state index in [-0.39, 0.29) is 5.56 Å². The summed E-state index contributed by atoms with van der Waals surface area (Å²) in [7, 11) is 0. The Morgan fingerprint density at radius 1 is 1.56 bits per heavy atom. The monoisotopic (exact) mass is 282 g/mol. The average molecular weight is 283 g/mol. The molecule has 0 spiro atoms. The molecule has 0 bridgehead atoms. The highest BCUT2D eigenvalue weighted by molar-refractivity contribution is 9.10. The molecule has 0 aliphatic carbocycles. The minimum absolute atomic E-state index is 0.174. The van der Waals surface area contributed by atoms with Gasteiger partial charge in [-0.2, -0.15) is 5.10 Å². The normalized spacial score (nSPS) is 10.7. The van der Waals surface area contributed by atoms with Gasteiger partial charge in [-0.15, -0.1) is 0 Å². The molecule has 0 saturated carbocycles. The van der Waals surface area contributed by atoms with Crippen molar-refractivity contribution in [1.29, 1.82) is 0 Å². The predicted molar refractivity (Wildman–Crippen MR) is 64.2 cm³/mol. The third-order valence-corrected chi connectivity index (χ3v) is 3.19. The lowest BCUT2D eigenvalue weighted by molar-refractivity contribution is 0.660. The smallest absolute Gasteiger partial charge is 0.265 e. The largest absolute Gasteiger partial charge is 0.305 e. The van der Waals surface area contributed by atoms with E-state index in [1.54, 1.807) is 17.8 Å². The Kier molecular flexibility index (Phi) is 2.91. The molecule has 84 valence electrons. The molecule has 0 aliphatic heterocycles. The first kappa shape index (κ1) is 11.1. The van der Waals surface area contributed by atoms with Gasteiger partial charge in [0.05, 0.1) is 17.5 Å². The number of hydrogen-bond donors (Lipinski definition) is 1. The summed E-state index contributed by atoms with van der Waals surface area (Å²) in [4.78, 5) is 18.5. The van der Waals surface area contributed by atoms with E-state index < -0.39 is 0 Å². The maximum Gasteiger partial charge on any atom is 0.265 e. The van der Waals surface area contributed by atoms with Gasteiger partial charge in [-0.25, -0.2) is 4.98 Å². The number of halogens is 1. The van der Waals surface area contributed by atoms with Gasteiger partial charge in [0.2, 0.25) is 0 Å². The third-order valence-electron chi connectivity index (χ3n) is 2.26. The van der Waals surface area contributed by atoms with Crippen molar-refractivity contribution in [2.75, 3.05) is 0 Å². The van der Waals surface area contributed by atoms with Crippen molar-refractivity contribution in [3.8, 4) is 11.4 Å². The fraction of sp³-hybridized carbons (Fsp3) is 0.300. The van der Waals surface area contributed by atoms with Crippen LogP contribution in [0.5, 0.6) is 0 Å². The second-order valence-corrected chi connectivity index (χ2v) is 4.19. The highest BCUT2D eigenvalue weighted by Crippen LogP contribution is 2.15. The zero-order valence-electron chi connectivity index (χ0n) is 8.99. The molecule has 0 aromatic carbocycles. The van der Waals surface area contributed by atoms with Gasteiger partial charge in [0.15, 0.2) is 0 Å². The molecule has 2 aromatic rings. The summed E-state index contributed by atoms with van der Waals surface area (Å²) in [6.07, 6.45) is 3.54. The van der Waals surface area contributed by atoms with Crippen LogP contribution >= 0.6 is 15.9 Å². The van der Waals surface area contributed by atoms with Crippen LogP contribution in [-0.2, 0) is 6.54 Å². The van der Waals surface area contributed by atoms with E-state index in [1.807, 2.05) is 13.1 Å². The Labute approximate surface area is 101 Å². The van der Waals surface area contributed by atoms with Crippen molar-refractivity contribution >= 4 is 15.9 Å². The number of hydrogen-bond acceptors (Lipinski definition) is 3. The van der Waals surface area contributed by atoms with Crippen LogP contribution in [0.25, 0.3) is 11.4 Å². The third kappa shape index (κ3) is 1.92. The van der Waals surface area contributed by atoms with Crippen LogP contribution in [0, 0.1) is 6.92 Å². The summed E-state index contributed by atoms with van der Waals surface area (Å²) < 4.78 is 2.26. The number of H-pyrrole nitrogens is 1. The van der Waals surface area contributed by atoms with Crippen LogP contribution < -0.4 is 5.56 Å². The number of nitrogens with one attached hydrogen (secondary N) is 1. The summed E-state index contributed by atoms with van der Waals surface area (Å²) in [6.45, 7) is 4.58. The number of nitrogens with zero attached hydrogens (tertiary/aromatic N) is 3. The van der Waals surface area contributed by atoms with Crippen molar-refractivity contribution in [3.05, 3.63) is 32.9 Å². The number of aromatic nitrogens is 4. The van der Waals surface area contributed by atoms with Crippen molar-refractivity contribution in [2.24, 2.45) is 0 Å². The van der Waals surface area contributed by atoms with Gasteiger partial charge in [0.25, 0.3) is 5.56 Å². The van der Waals surface area contributed by atoms with Crippen LogP contribution in [-0.4, -0.2) is 19.7 Å². The summed E-state index contributed by atoms with van der Waals surface area (Å²) in [5, 5.41) is 4.14. The first-order valence-corrected chi connectivity index (χ1v) is 5.70. The van der Waals surface area contributed by atoms with Crippen LogP contribution in [0.2, 0.25) is 0 Å². The zero-order valence-corrected chi connectivity index (χ0v) is 10.6. The van der Waals surface area contributed by atoms with Gasteiger partial charge in [-0.1, -0.05) is 0 Å². The van der Waals surface area contributed by atoms with Gasteiger partial charge in [0, 0.05) is 12.7 Å². The molecule has 0 unspecified atom stereocenters. The molecule has 6 heteroatoms. The molecule has 0 amide bonds. The van der Waals surface area contributed by atoms with Gasteiger partial charge < -0.3 is 4.98 Å². The Hall–Kier alpha value is -1.43. The quantitative estimate of drug-likeness (QED) is 0.912. The molecule has 2 aromatic heterocycles.